The molecular formula is C60H105NO10. The lowest BCUT2D eigenvalue weighted by Gasteiger charge is -2.41. The van der Waals surface area contributed by atoms with Crippen LogP contribution in [0.4, 0.5) is 0 Å². The number of amides is 1. The third-order valence-corrected chi connectivity index (χ3v) is 13.2. The highest BCUT2D eigenvalue weighted by atomic mass is 16.7. The van der Waals surface area contributed by atoms with E-state index in [4.69, 9.17) is 14.2 Å². The fourth-order valence-corrected chi connectivity index (χ4v) is 8.58. The molecule has 0 aliphatic carbocycles. The van der Waals surface area contributed by atoms with Crippen molar-refractivity contribution in [3.05, 3.63) is 72.9 Å². The first-order valence-corrected chi connectivity index (χ1v) is 28.8. The predicted molar refractivity (Wildman–Crippen MR) is 292 cm³/mol. The fourth-order valence-electron chi connectivity index (χ4n) is 8.58. The van der Waals surface area contributed by atoms with Crippen LogP contribution in [-0.2, 0) is 23.8 Å². The van der Waals surface area contributed by atoms with Crippen LogP contribution >= 0.6 is 0 Å². The number of rotatable bonds is 47. The summed E-state index contributed by atoms with van der Waals surface area (Å²) in [5.41, 5.74) is 0. The molecule has 1 heterocycles. The van der Waals surface area contributed by atoms with Crippen LogP contribution in [0.3, 0.4) is 0 Å². The lowest BCUT2D eigenvalue weighted by atomic mass is 9.99. The Labute approximate surface area is 432 Å². The summed E-state index contributed by atoms with van der Waals surface area (Å²) in [6, 6.07) is -1.03. The first kappa shape index (κ1) is 66.1. The van der Waals surface area contributed by atoms with Crippen LogP contribution in [0.2, 0.25) is 0 Å². The van der Waals surface area contributed by atoms with Crippen molar-refractivity contribution in [1.82, 2.24) is 5.32 Å². The molecule has 410 valence electrons. The van der Waals surface area contributed by atoms with E-state index in [0.717, 1.165) is 109 Å². The van der Waals surface area contributed by atoms with E-state index in [2.05, 4.69) is 80.8 Å². The molecule has 0 radical (unpaired) electrons. The van der Waals surface area contributed by atoms with Crippen molar-refractivity contribution >= 4 is 11.9 Å². The second kappa shape index (κ2) is 48.1. The van der Waals surface area contributed by atoms with E-state index in [1.807, 2.05) is 12.2 Å². The van der Waals surface area contributed by atoms with Crippen molar-refractivity contribution in [2.75, 3.05) is 13.2 Å². The Kier molecular flexibility index (Phi) is 44.8. The minimum Gasteiger partial charge on any atom is -0.454 e. The Morgan fingerprint density at radius 3 is 1.55 bits per heavy atom. The van der Waals surface area contributed by atoms with Gasteiger partial charge in [-0.2, -0.15) is 0 Å². The van der Waals surface area contributed by atoms with Crippen LogP contribution in [-0.4, -0.2) is 99.6 Å². The van der Waals surface area contributed by atoms with Crippen molar-refractivity contribution < 1.29 is 49.3 Å². The summed E-state index contributed by atoms with van der Waals surface area (Å²) < 4.78 is 17.6. The van der Waals surface area contributed by atoms with Gasteiger partial charge in [0.05, 0.1) is 25.4 Å². The van der Waals surface area contributed by atoms with Gasteiger partial charge in [-0.1, -0.05) is 229 Å². The number of carbonyl (C=O) groups excluding carboxylic acids is 2. The van der Waals surface area contributed by atoms with Crippen molar-refractivity contribution in [2.45, 2.75) is 282 Å². The molecule has 1 aliphatic heterocycles. The van der Waals surface area contributed by atoms with E-state index in [1.54, 1.807) is 6.08 Å². The second-order valence-corrected chi connectivity index (χ2v) is 19.7. The maximum absolute atomic E-state index is 13.4. The molecular weight excluding hydrogens is 895 g/mol. The monoisotopic (exact) mass is 1000 g/mol. The molecule has 0 bridgehead atoms. The van der Waals surface area contributed by atoms with Gasteiger partial charge in [0.1, 0.15) is 24.4 Å². The standard InChI is InChI=1S/C60H105NO10/c1-4-7-10-13-16-19-22-25-27-30-33-36-39-42-45-48-55(65)71-58-57(67)56(66)54(49-62)70-60(58)69-50-51(52(63)46-43-40-37-34-31-28-24-21-18-15-12-9-6-3)61-59(68)53(64)47-44-41-38-35-32-29-26-23-20-17-14-11-8-5-2/h7,10,13,16-17,19-20,22-23,26,43,46,51-54,56-58,60,62-64,66-67H,4-6,8-9,11-12,14-15,18,21,24-25,27-42,44-45,47-50H2,1-3H3,(H,61,68)/b10-7+,16-13+,20-17+,22-19+,26-23+,46-43+. The summed E-state index contributed by atoms with van der Waals surface area (Å²) in [4.78, 5) is 26.4. The average molecular weight is 1000 g/mol. The summed E-state index contributed by atoms with van der Waals surface area (Å²) in [6.45, 7) is 5.60. The van der Waals surface area contributed by atoms with Crippen LogP contribution in [0.1, 0.15) is 233 Å². The highest BCUT2D eigenvalue weighted by Crippen LogP contribution is 2.26. The second-order valence-electron chi connectivity index (χ2n) is 19.7. The van der Waals surface area contributed by atoms with E-state index in [9.17, 15) is 35.1 Å². The zero-order valence-corrected chi connectivity index (χ0v) is 45.1. The molecule has 8 atom stereocenters. The molecule has 6 N–H and O–H groups in total. The molecule has 1 rings (SSSR count). The highest BCUT2D eigenvalue weighted by molar-refractivity contribution is 5.80. The molecule has 11 nitrogen and oxygen atoms in total. The first-order chi connectivity index (χ1) is 34.7. The summed E-state index contributed by atoms with van der Waals surface area (Å²) in [5.74, 6) is -1.22. The molecule has 71 heavy (non-hydrogen) atoms. The van der Waals surface area contributed by atoms with Crippen LogP contribution in [0.5, 0.6) is 0 Å². The van der Waals surface area contributed by atoms with Crippen molar-refractivity contribution in [3.8, 4) is 0 Å². The number of nitrogens with one attached hydrogen (secondary N) is 1. The minimum absolute atomic E-state index is 0.106. The third-order valence-electron chi connectivity index (χ3n) is 13.2. The fraction of sp³-hybridized carbons (Fsp3) is 0.767. The van der Waals surface area contributed by atoms with Crippen LogP contribution in [0.25, 0.3) is 0 Å². The zero-order chi connectivity index (χ0) is 51.8. The normalized spacial score (nSPS) is 20.1. The van der Waals surface area contributed by atoms with E-state index < -0.39 is 67.4 Å². The molecule has 0 spiro atoms. The van der Waals surface area contributed by atoms with Crippen molar-refractivity contribution in [1.29, 1.82) is 0 Å². The molecule has 1 aliphatic rings. The Bertz CT molecular complexity index is 1430. The largest absolute Gasteiger partial charge is 0.454 e. The van der Waals surface area contributed by atoms with E-state index in [1.165, 1.54) is 77.0 Å². The number of carbonyl (C=O) groups is 2. The minimum atomic E-state index is -1.62. The number of unbranched alkanes of at least 4 members (excludes halogenated alkanes) is 26. The number of esters is 1. The average Bonchev–Trinajstić information content (AvgIpc) is 3.37. The van der Waals surface area contributed by atoms with Gasteiger partial charge in [-0.25, -0.2) is 0 Å². The molecule has 0 aromatic carbocycles. The first-order valence-electron chi connectivity index (χ1n) is 28.8. The van der Waals surface area contributed by atoms with Gasteiger partial charge in [-0.3, -0.25) is 9.59 Å². The summed E-state index contributed by atoms with van der Waals surface area (Å²) >= 11 is 0. The molecule has 11 heteroatoms. The third kappa shape index (κ3) is 36.6. The van der Waals surface area contributed by atoms with Gasteiger partial charge in [-0.05, 0) is 70.6 Å². The number of hydrogen-bond acceptors (Lipinski definition) is 10. The molecule has 0 aromatic rings. The summed E-state index contributed by atoms with van der Waals surface area (Å²) in [6.07, 6.45) is 49.4. The maximum atomic E-state index is 13.4. The topological polar surface area (TPSA) is 175 Å². The SMILES string of the molecule is CC/C=C/C=C/C=C/CCCCCCCCCC(=O)OC1C(OCC(NC(=O)C(O)CCCCCCC/C=C/C=C/CCCCC)C(O)/C=C/CCCCCCCCCCCCC)OC(CO)C(O)C1O. The van der Waals surface area contributed by atoms with E-state index in [0.29, 0.717) is 12.8 Å². The number of hydrogen-bond donors (Lipinski definition) is 6. The van der Waals surface area contributed by atoms with Crippen LogP contribution in [0, 0.1) is 0 Å². The number of aliphatic hydroxyl groups is 5. The van der Waals surface area contributed by atoms with Crippen LogP contribution < -0.4 is 5.32 Å². The smallest absolute Gasteiger partial charge is 0.306 e. The lowest BCUT2D eigenvalue weighted by molar-refractivity contribution is -0.305. The Hall–Kier alpha value is -2.90. The van der Waals surface area contributed by atoms with Gasteiger partial charge in [0.2, 0.25) is 5.91 Å². The lowest BCUT2D eigenvalue weighted by Crippen LogP contribution is -2.61. The Morgan fingerprint density at radius 2 is 1.01 bits per heavy atom. The summed E-state index contributed by atoms with van der Waals surface area (Å²) in [5, 5.41) is 56.8. The number of ether oxygens (including phenoxy) is 3. The quantitative estimate of drug-likeness (QED) is 0.0149. The molecule has 1 amide bonds. The maximum Gasteiger partial charge on any atom is 0.306 e. The summed E-state index contributed by atoms with van der Waals surface area (Å²) in [7, 11) is 0. The molecule has 1 saturated heterocycles. The Morgan fingerprint density at radius 1 is 0.563 bits per heavy atom. The predicted octanol–water partition coefficient (Wildman–Crippen LogP) is 12.8. The molecule has 0 saturated carbocycles. The van der Waals surface area contributed by atoms with Crippen LogP contribution in [0.15, 0.2) is 72.9 Å². The van der Waals surface area contributed by atoms with Gasteiger partial charge < -0.3 is 45.1 Å². The van der Waals surface area contributed by atoms with Gasteiger partial charge in [0.25, 0.3) is 0 Å². The number of allylic oxidation sites excluding steroid dienone is 11. The zero-order valence-electron chi connectivity index (χ0n) is 45.1. The number of aliphatic hydroxyl groups excluding tert-OH is 5. The molecule has 0 aromatic heterocycles. The van der Waals surface area contributed by atoms with Gasteiger partial charge in [0.15, 0.2) is 12.4 Å². The van der Waals surface area contributed by atoms with Gasteiger partial charge in [-0.15, -0.1) is 0 Å². The highest BCUT2D eigenvalue weighted by Gasteiger charge is 2.47. The van der Waals surface area contributed by atoms with Gasteiger partial charge >= 0.3 is 5.97 Å². The molecule has 1 fully saturated rings. The van der Waals surface area contributed by atoms with E-state index >= 15 is 0 Å². The van der Waals surface area contributed by atoms with Crippen molar-refractivity contribution in [3.63, 3.8) is 0 Å². The Balaban J connectivity index is 2.76. The molecule has 8 unspecified atom stereocenters. The van der Waals surface area contributed by atoms with Crippen molar-refractivity contribution in [2.24, 2.45) is 0 Å². The van der Waals surface area contributed by atoms with E-state index in [-0.39, 0.29) is 19.4 Å². The van der Waals surface area contributed by atoms with Gasteiger partial charge in [0, 0.05) is 6.42 Å².